The normalized spacial score (nSPS) is 19.7. The molecule has 1 unspecified atom stereocenters. The summed E-state index contributed by atoms with van der Waals surface area (Å²) >= 11 is 0. The van der Waals surface area contributed by atoms with Crippen molar-refractivity contribution in [3.63, 3.8) is 0 Å². The molecule has 1 aromatic rings. The van der Waals surface area contributed by atoms with Gasteiger partial charge in [-0.15, -0.1) is 13.2 Å². The third-order valence-corrected chi connectivity index (χ3v) is 2.17. The first-order valence-corrected chi connectivity index (χ1v) is 4.73. The van der Waals surface area contributed by atoms with Crippen LogP contribution in [0.3, 0.4) is 0 Å². The van der Waals surface area contributed by atoms with Gasteiger partial charge in [0.25, 0.3) is 0 Å². The summed E-state index contributed by atoms with van der Waals surface area (Å²) in [6.45, 7) is 0.0916. The lowest BCUT2D eigenvalue weighted by Crippen LogP contribution is -2.19. The zero-order valence-electron chi connectivity index (χ0n) is 8.45. The maximum atomic E-state index is 12.0. The van der Waals surface area contributed by atoms with Crippen LogP contribution in [0.25, 0.3) is 0 Å². The van der Waals surface area contributed by atoms with E-state index in [1.54, 1.807) is 6.07 Å². The summed E-state index contributed by atoms with van der Waals surface area (Å²) in [6, 6.07) is 4.96. The van der Waals surface area contributed by atoms with Gasteiger partial charge in [-0.25, -0.2) is 4.79 Å². The van der Waals surface area contributed by atoms with E-state index < -0.39 is 18.5 Å². The van der Waals surface area contributed by atoms with Gasteiger partial charge in [0, 0.05) is 0 Å². The summed E-state index contributed by atoms with van der Waals surface area (Å²) < 4.78 is 44.4. The van der Waals surface area contributed by atoms with Crippen LogP contribution in [0.2, 0.25) is 0 Å². The molecule has 1 aliphatic heterocycles. The van der Waals surface area contributed by atoms with Crippen LogP contribution in [0, 0.1) is 0 Å². The second kappa shape index (κ2) is 4.15. The largest absolute Gasteiger partial charge is 0.573 e. The third-order valence-electron chi connectivity index (χ3n) is 2.17. The molecule has 7 heteroatoms. The maximum Gasteiger partial charge on any atom is 0.573 e. The van der Waals surface area contributed by atoms with Crippen LogP contribution in [-0.2, 0) is 4.74 Å². The summed E-state index contributed by atoms with van der Waals surface area (Å²) in [5.74, 6) is -0.323. The summed E-state index contributed by atoms with van der Waals surface area (Å²) in [6.07, 6.45) is -5.31. The molecule has 17 heavy (non-hydrogen) atoms. The molecule has 0 radical (unpaired) electrons. The second-order valence-corrected chi connectivity index (χ2v) is 3.42. The van der Waals surface area contributed by atoms with Crippen molar-refractivity contribution < 1.29 is 27.4 Å². The van der Waals surface area contributed by atoms with Crippen LogP contribution in [-0.4, -0.2) is 19.1 Å². The van der Waals surface area contributed by atoms with Crippen LogP contribution < -0.4 is 10.1 Å². The molecular formula is C10H8F3NO3. The number of halogens is 3. The van der Waals surface area contributed by atoms with E-state index in [9.17, 15) is 18.0 Å². The Morgan fingerprint density at radius 2 is 2.18 bits per heavy atom. The summed E-state index contributed by atoms with van der Waals surface area (Å²) in [5, 5.41) is 2.46. The van der Waals surface area contributed by atoms with Gasteiger partial charge in [-0.3, -0.25) is 0 Å². The molecule has 1 N–H and O–H groups in total. The average Bonchev–Trinajstić information content (AvgIpc) is 2.63. The molecule has 4 nitrogen and oxygen atoms in total. The van der Waals surface area contributed by atoms with Crippen LogP contribution in [0.4, 0.5) is 18.0 Å². The van der Waals surface area contributed by atoms with E-state index in [2.05, 4.69) is 14.8 Å². The zero-order valence-corrected chi connectivity index (χ0v) is 8.45. The second-order valence-electron chi connectivity index (χ2n) is 3.42. The van der Waals surface area contributed by atoms with Crippen molar-refractivity contribution in [3.05, 3.63) is 29.8 Å². The first-order valence-electron chi connectivity index (χ1n) is 4.73. The number of alkyl halides is 3. The van der Waals surface area contributed by atoms with Gasteiger partial charge in [0.15, 0.2) is 0 Å². The standard InChI is InChI=1S/C10H8F3NO3/c11-10(12,13)17-7-3-1-2-6(4-7)8-5-16-9(15)14-8/h1-4,8H,5H2,(H,14,15). The van der Waals surface area contributed by atoms with Crippen LogP contribution in [0.15, 0.2) is 24.3 Å². The van der Waals surface area contributed by atoms with Gasteiger partial charge in [-0.05, 0) is 17.7 Å². The smallest absolute Gasteiger partial charge is 0.447 e. The van der Waals surface area contributed by atoms with Gasteiger partial charge in [0.2, 0.25) is 0 Å². The number of carbonyl (C=O) groups is 1. The maximum absolute atomic E-state index is 12.0. The minimum absolute atomic E-state index is 0.0916. The van der Waals surface area contributed by atoms with Crippen molar-refractivity contribution in [2.24, 2.45) is 0 Å². The Labute approximate surface area is 94.3 Å². The van der Waals surface area contributed by atoms with Gasteiger partial charge in [-0.1, -0.05) is 12.1 Å². The highest BCUT2D eigenvalue weighted by Gasteiger charge is 2.31. The minimum Gasteiger partial charge on any atom is -0.447 e. The summed E-state index contributed by atoms with van der Waals surface area (Å²) in [4.78, 5) is 10.8. The van der Waals surface area contributed by atoms with Gasteiger partial charge < -0.3 is 14.8 Å². The predicted molar refractivity (Wildman–Crippen MR) is 50.3 cm³/mol. The van der Waals surface area contributed by atoms with Crippen molar-refractivity contribution in [2.75, 3.05) is 6.61 Å². The number of carbonyl (C=O) groups excluding carboxylic acids is 1. The molecule has 1 amide bonds. The number of benzene rings is 1. The Morgan fingerprint density at radius 3 is 2.76 bits per heavy atom. The van der Waals surface area contributed by atoms with Crippen molar-refractivity contribution >= 4 is 6.09 Å². The molecule has 0 aromatic heterocycles. The lowest BCUT2D eigenvalue weighted by Gasteiger charge is -2.12. The molecule has 1 fully saturated rings. The molecule has 0 spiro atoms. The summed E-state index contributed by atoms with van der Waals surface area (Å²) in [5.41, 5.74) is 0.498. The fourth-order valence-electron chi connectivity index (χ4n) is 1.49. The van der Waals surface area contributed by atoms with Crippen LogP contribution >= 0.6 is 0 Å². The fraction of sp³-hybridized carbons (Fsp3) is 0.300. The zero-order chi connectivity index (χ0) is 12.5. The van der Waals surface area contributed by atoms with E-state index >= 15 is 0 Å². The highest BCUT2D eigenvalue weighted by molar-refractivity contribution is 5.70. The molecule has 0 aliphatic carbocycles. The van der Waals surface area contributed by atoms with Crippen molar-refractivity contribution in [1.82, 2.24) is 5.32 Å². The molecule has 1 aliphatic rings. The monoisotopic (exact) mass is 247 g/mol. The Morgan fingerprint density at radius 1 is 1.41 bits per heavy atom. The Kier molecular flexibility index (Phi) is 2.83. The lowest BCUT2D eigenvalue weighted by atomic mass is 10.1. The highest BCUT2D eigenvalue weighted by atomic mass is 19.4. The van der Waals surface area contributed by atoms with Crippen LogP contribution in [0.5, 0.6) is 5.75 Å². The molecule has 2 rings (SSSR count). The number of cyclic esters (lactones) is 1. The minimum atomic E-state index is -4.73. The highest BCUT2D eigenvalue weighted by Crippen LogP contribution is 2.26. The van der Waals surface area contributed by atoms with E-state index in [1.807, 2.05) is 0 Å². The number of hydrogen-bond acceptors (Lipinski definition) is 3. The van der Waals surface area contributed by atoms with E-state index in [0.29, 0.717) is 5.56 Å². The van der Waals surface area contributed by atoms with Crippen molar-refractivity contribution in [3.8, 4) is 5.75 Å². The van der Waals surface area contributed by atoms with E-state index in [1.165, 1.54) is 18.2 Å². The van der Waals surface area contributed by atoms with Gasteiger partial charge in [0.1, 0.15) is 12.4 Å². The number of hydrogen-bond donors (Lipinski definition) is 1. The van der Waals surface area contributed by atoms with Gasteiger partial charge in [0.05, 0.1) is 6.04 Å². The van der Waals surface area contributed by atoms with Crippen molar-refractivity contribution in [1.29, 1.82) is 0 Å². The molecule has 0 bridgehead atoms. The Bertz CT molecular complexity index is 433. The number of ether oxygens (including phenoxy) is 2. The first-order chi connectivity index (χ1) is 7.94. The molecular weight excluding hydrogens is 239 g/mol. The Balaban J connectivity index is 2.14. The Hall–Kier alpha value is -1.92. The van der Waals surface area contributed by atoms with E-state index in [0.717, 1.165) is 0 Å². The fourth-order valence-corrected chi connectivity index (χ4v) is 1.49. The van der Waals surface area contributed by atoms with E-state index in [4.69, 9.17) is 0 Å². The van der Waals surface area contributed by atoms with E-state index in [-0.39, 0.29) is 12.4 Å². The molecule has 1 atom stereocenters. The van der Waals surface area contributed by atoms with Gasteiger partial charge in [-0.2, -0.15) is 0 Å². The molecule has 1 aromatic carbocycles. The topological polar surface area (TPSA) is 47.6 Å². The lowest BCUT2D eigenvalue weighted by molar-refractivity contribution is -0.274. The molecule has 1 heterocycles. The number of amides is 1. The van der Waals surface area contributed by atoms with Crippen molar-refractivity contribution in [2.45, 2.75) is 12.4 Å². The first kappa shape index (κ1) is 11.6. The number of nitrogens with one attached hydrogen (secondary N) is 1. The summed E-state index contributed by atoms with van der Waals surface area (Å²) in [7, 11) is 0. The predicted octanol–water partition coefficient (Wildman–Crippen LogP) is 2.37. The molecule has 0 saturated carbocycles. The quantitative estimate of drug-likeness (QED) is 0.872. The number of rotatable bonds is 2. The molecule has 92 valence electrons. The van der Waals surface area contributed by atoms with Gasteiger partial charge >= 0.3 is 12.5 Å². The molecule has 1 saturated heterocycles. The van der Waals surface area contributed by atoms with Crippen LogP contribution in [0.1, 0.15) is 11.6 Å². The third kappa shape index (κ3) is 3.02. The SMILES string of the molecule is O=C1NC(c2cccc(OC(F)(F)F)c2)CO1. The number of alkyl carbamates (subject to hydrolysis) is 1. The average molecular weight is 247 g/mol.